The molecule has 0 aromatic carbocycles. The van der Waals surface area contributed by atoms with Gasteiger partial charge in [0.2, 0.25) is 0 Å². The Morgan fingerprint density at radius 1 is 1.20 bits per heavy atom. The van der Waals surface area contributed by atoms with Crippen molar-refractivity contribution in [2.24, 2.45) is 0 Å². The van der Waals surface area contributed by atoms with Gasteiger partial charge in [-0.1, -0.05) is 6.42 Å². The Hall–Kier alpha value is -0.770. The number of halogens is 1. The Labute approximate surface area is 97.8 Å². The average Bonchev–Trinajstić information content (AvgIpc) is 2.56. The van der Waals surface area contributed by atoms with Gasteiger partial charge in [0.1, 0.15) is 5.66 Å². The molecule has 1 spiro atoms. The maximum Gasteiger partial charge on any atom is 0.151 e. The number of hydrogen-bond acceptors (Lipinski definition) is 3. The summed E-state index contributed by atoms with van der Waals surface area (Å²) in [6, 6.07) is 2.10. The number of aromatic nitrogens is 1. The van der Waals surface area contributed by atoms with Gasteiger partial charge in [0.05, 0.1) is 5.69 Å². The van der Waals surface area contributed by atoms with Crippen LogP contribution in [0.4, 0.5) is 11.5 Å². The van der Waals surface area contributed by atoms with Crippen molar-refractivity contribution >= 4 is 27.4 Å². The Kier molecular flexibility index (Phi) is 2.12. The van der Waals surface area contributed by atoms with Gasteiger partial charge in [-0.3, -0.25) is 0 Å². The van der Waals surface area contributed by atoms with Gasteiger partial charge in [0.25, 0.3) is 0 Å². The Bertz CT molecular complexity index is 385. The van der Waals surface area contributed by atoms with Crippen LogP contribution in [0.2, 0.25) is 0 Å². The first-order chi connectivity index (χ1) is 7.27. The molecule has 80 valence electrons. The van der Waals surface area contributed by atoms with Gasteiger partial charge in [-0.05, 0) is 47.7 Å². The predicted octanol–water partition coefficient (Wildman–Crippen LogP) is 3.34. The molecule has 2 N–H and O–H groups in total. The number of hydrogen-bond donors (Lipinski definition) is 2. The van der Waals surface area contributed by atoms with Gasteiger partial charge in [-0.25, -0.2) is 4.98 Å². The lowest BCUT2D eigenvalue weighted by Crippen LogP contribution is -2.43. The van der Waals surface area contributed by atoms with Crippen LogP contribution in [-0.2, 0) is 0 Å². The summed E-state index contributed by atoms with van der Waals surface area (Å²) in [6.45, 7) is 0. The topological polar surface area (TPSA) is 37.0 Å². The molecule has 15 heavy (non-hydrogen) atoms. The van der Waals surface area contributed by atoms with E-state index in [0.29, 0.717) is 0 Å². The molecule has 3 rings (SSSR count). The molecule has 0 atom stereocenters. The molecule has 2 aliphatic rings. The highest BCUT2D eigenvalue weighted by Gasteiger charge is 2.37. The molecule has 0 radical (unpaired) electrons. The van der Waals surface area contributed by atoms with Crippen molar-refractivity contribution in [1.82, 2.24) is 4.98 Å². The number of pyridine rings is 1. The van der Waals surface area contributed by atoms with Crippen molar-refractivity contribution < 1.29 is 0 Å². The minimum absolute atomic E-state index is 0.0916. The van der Waals surface area contributed by atoms with Gasteiger partial charge in [0, 0.05) is 10.7 Å². The summed E-state index contributed by atoms with van der Waals surface area (Å²) in [5.74, 6) is 1.00. The van der Waals surface area contributed by atoms with E-state index in [1.165, 1.54) is 32.1 Å². The summed E-state index contributed by atoms with van der Waals surface area (Å²) < 4.78 is 1.03. The quantitative estimate of drug-likeness (QED) is 0.757. The molecule has 0 unspecified atom stereocenters. The first-order valence-corrected chi connectivity index (χ1v) is 6.29. The standard InChI is InChI=1S/C11H14BrN3/c12-8-6-9-10(13-7-8)15-11(14-9)4-2-1-3-5-11/h6-7,14H,1-5H2,(H,13,15). The van der Waals surface area contributed by atoms with Crippen LogP contribution in [0.5, 0.6) is 0 Å². The van der Waals surface area contributed by atoms with Crippen molar-refractivity contribution in [3.8, 4) is 0 Å². The highest BCUT2D eigenvalue weighted by Crippen LogP contribution is 2.40. The van der Waals surface area contributed by atoms with Crippen LogP contribution in [-0.4, -0.2) is 10.6 Å². The van der Waals surface area contributed by atoms with E-state index in [1.54, 1.807) is 0 Å². The highest BCUT2D eigenvalue weighted by atomic mass is 79.9. The third-order valence-corrected chi connectivity index (χ3v) is 3.73. The molecule has 1 aliphatic carbocycles. The summed E-state index contributed by atoms with van der Waals surface area (Å²) in [6.07, 6.45) is 8.19. The fraction of sp³-hybridized carbons (Fsp3) is 0.545. The Morgan fingerprint density at radius 3 is 2.80 bits per heavy atom. The third kappa shape index (κ3) is 1.61. The molecular weight excluding hydrogens is 254 g/mol. The highest BCUT2D eigenvalue weighted by molar-refractivity contribution is 9.10. The lowest BCUT2D eigenvalue weighted by Gasteiger charge is -2.34. The lowest BCUT2D eigenvalue weighted by atomic mass is 9.90. The number of anilines is 2. The minimum atomic E-state index is 0.0916. The molecule has 0 saturated heterocycles. The van der Waals surface area contributed by atoms with Crippen LogP contribution in [0.3, 0.4) is 0 Å². The number of nitrogens with zero attached hydrogens (tertiary/aromatic N) is 1. The molecule has 1 aromatic heterocycles. The van der Waals surface area contributed by atoms with E-state index < -0.39 is 0 Å². The van der Waals surface area contributed by atoms with Crippen molar-refractivity contribution in [3.63, 3.8) is 0 Å². The zero-order valence-electron chi connectivity index (χ0n) is 8.52. The summed E-state index contributed by atoms with van der Waals surface area (Å²) >= 11 is 3.45. The maximum absolute atomic E-state index is 4.39. The van der Waals surface area contributed by atoms with Crippen LogP contribution in [0.1, 0.15) is 32.1 Å². The molecule has 3 nitrogen and oxygen atoms in total. The smallest absolute Gasteiger partial charge is 0.151 e. The summed E-state index contributed by atoms with van der Waals surface area (Å²) in [5, 5.41) is 7.12. The molecule has 1 aromatic rings. The third-order valence-electron chi connectivity index (χ3n) is 3.29. The summed E-state index contributed by atoms with van der Waals surface area (Å²) in [4.78, 5) is 4.39. The zero-order valence-corrected chi connectivity index (χ0v) is 10.1. The van der Waals surface area contributed by atoms with Crippen LogP contribution in [0, 0.1) is 0 Å². The van der Waals surface area contributed by atoms with Gasteiger partial charge >= 0.3 is 0 Å². The van der Waals surface area contributed by atoms with E-state index in [-0.39, 0.29) is 5.66 Å². The fourth-order valence-electron chi connectivity index (χ4n) is 2.56. The van der Waals surface area contributed by atoms with Gasteiger partial charge in [-0.15, -0.1) is 0 Å². The molecule has 4 heteroatoms. The van der Waals surface area contributed by atoms with E-state index in [0.717, 1.165) is 16.0 Å². The van der Waals surface area contributed by atoms with Crippen molar-refractivity contribution in [3.05, 3.63) is 16.7 Å². The van der Waals surface area contributed by atoms with Crippen molar-refractivity contribution in [2.45, 2.75) is 37.8 Å². The predicted molar refractivity (Wildman–Crippen MR) is 65.0 cm³/mol. The van der Waals surface area contributed by atoms with Gasteiger partial charge in [0.15, 0.2) is 5.82 Å². The zero-order chi connectivity index (χ0) is 10.3. The molecular formula is C11H14BrN3. The van der Waals surface area contributed by atoms with E-state index >= 15 is 0 Å². The number of rotatable bonds is 0. The molecule has 1 saturated carbocycles. The molecule has 1 fully saturated rings. The van der Waals surface area contributed by atoms with Crippen molar-refractivity contribution in [1.29, 1.82) is 0 Å². The van der Waals surface area contributed by atoms with Crippen LogP contribution in [0.15, 0.2) is 16.7 Å². The van der Waals surface area contributed by atoms with E-state index in [9.17, 15) is 0 Å². The average molecular weight is 268 g/mol. The maximum atomic E-state index is 4.39. The normalized spacial score (nSPS) is 21.9. The summed E-state index contributed by atoms with van der Waals surface area (Å²) in [5.41, 5.74) is 1.22. The molecule has 1 aliphatic heterocycles. The van der Waals surface area contributed by atoms with E-state index in [4.69, 9.17) is 0 Å². The molecule has 0 bridgehead atoms. The second-order valence-corrected chi connectivity index (χ2v) is 5.36. The fourth-order valence-corrected chi connectivity index (χ4v) is 2.89. The van der Waals surface area contributed by atoms with Gasteiger partial charge < -0.3 is 10.6 Å². The van der Waals surface area contributed by atoms with Gasteiger partial charge in [-0.2, -0.15) is 0 Å². The van der Waals surface area contributed by atoms with Crippen LogP contribution < -0.4 is 10.6 Å². The second-order valence-electron chi connectivity index (χ2n) is 4.44. The van der Waals surface area contributed by atoms with Crippen LogP contribution in [0.25, 0.3) is 0 Å². The van der Waals surface area contributed by atoms with Crippen molar-refractivity contribution in [2.75, 3.05) is 10.6 Å². The lowest BCUT2D eigenvalue weighted by molar-refractivity contribution is 0.366. The van der Waals surface area contributed by atoms with E-state index in [2.05, 4.69) is 37.6 Å². The Balaban J connectivity index is 1.90. The monoisotopic (exact) mass is 267 g/mol. The SMILES string of the molecule is Brc1cnc2c(c1)NC1(CCCCC1)N2. The second kappa shape index (κ2) is 3.37. The Morgan fingerprint density at radius 2 is 2.00 bits per heavy atom. The first kappa shape index (κ1) is 9.46. The minimum Gasteiger partial charge on any atom is -0.360 e. The largest absolute Gasteiger partial charge is 0.360 e. The molecule has 0 amide bonds. The van der Waals surface area contributed by atoms with E-state index in [1.807, 2.05) is 6.20 Å². The summed E-state index contributed by atoms with van der Waals surface area (Å²) in [7, 11) is 0. The van der Waals surface area contributed by atoms with Crippen LogP contribution >= 0.6 is 15.9 Å². The molecule has 2 heterocycles. The number of fused-ring (bicyclic) bond motifs is 1. The number of nitrogens with one attached hydrogen (secondary N) is 2. The first-order valence-electron chi connectivity index (χ1n) is 5.49.